The summed E-state index contributed by atoms with van der Waals surface area (Å²) in [4.78, 5) is 17.1. The molecule has 0 saturated heterocycles. The zero-order valence-electron chi connectivity index (χ0n) is 17.1. The molecule has 10 nitrogen and oxygen atoms in total. The van der Waals surface area contributed by atoms with E-state index in [1.807, 2.05) is 0 Å². The summed E-state index contributed by atoms with van der Waals surface area (Å²) < 4.78 is 32.1. The molecule has 1 fully saturated rings. The Labute approximate surface area is 181 Å². The molecule has 166 valence electrons. The third-order valence-electron chi connectivity index (χ3n) is 5.48. The second-order valence-corrected chi connectivity index (χ2v) is 9.11. The lowest BCUT2D eigenvalue weighted by molar-refractivity contribution is 0.0854. The van der Waals surface area contributed by atoms with Crippen LogP contribution in [-0.4, -0.2) is 45.0 Å². The molecule has 0 spiro atoms. The first-order chi connectivity index (χ1) is 14.8. The molecule has 1 saturated carbocycles. The third-order valence-corrected chi connectivity index (χ3v) is 6.42. The Balaban J connectivity index is 1.53. The number of carbonyl (C=O) groups is 1. The van der Waals surface area contributed by atoms with Crippen molar-refractivity contribution in [3.63, 3.8) is 0 Å². The number of aromatic nitrogens is 1. The van der Waals surface area contributed by atoms with Gasteiger partial charge in [-0.2, -0.15) is 0 Å². The Morgan fingerprint density at radius 2 is 2.10 bits per heavy atom. The Morgan fingerprint density at radius 3 is 2.84 bits per heavy atom. The smallest absolute Gasteiger partial charge is 0.252 e. The first-order valence-electron chi connectivity index (χ1n) is 9.95. The molecule has 2 aliphatic rings. The van der Waals surface area contributed by atoms with Crippen molar-refractivity contribution in [2.24, 2.45) is 10.1 Å². The van der Waals surface area contributed by atoms with Gasteiger partial charge < -0.3 is 21.1 Å². The summed E-state index contributed by atoms with van der Waals surface area (Å²) in [5.74, 6) is 0.887. The van der Waals surface area contributed by atoms with Crippen molar-refractivity contribution in [2.45, 2.75) is 31.2 Å². The number of ether oxygens (including phenoxy) is 1. The van der Waals surface area contributed by atoms with Crippen molar-refractivity contribution in [2.75, 3.05) is 23.7 Å². The van der Waals surface area contributed by atoms with Crippen LogP contribution in [0, 0.1) is 0 Å². The fraction of sp³-hybridized carbons (Fsp3) is 0.350. The Hall–Kier alpha value is -3.02. The number of pyridine rings is 1. The molecule has 1 aromatic heterocycles. The van der Waals surface area contributed by atoms with E-state index in [1.54, 1.807) is 43.6 Å². The highest BCUT2D eigenvalue weighted by atomic mass is 32.3. The monoisotopic (exact) mass is 446 g/mol. The van der Waals surface area contributed by atoms with Crippen molar-refractivity contribution in [1.29, 1.82) is 0 Å². The average Bonchev–Trinajstić information content (AvgIpc) is 3.19. The van der Waals surface area contributed by atoms with E-state index in [-0.39, 0.29) is 18.3 Å². The zero-order chi connectivity index (χ0) is 22.1. The molecule has 0 bridgehead atoms. The number of amides is 1. The number of benzene rings is 1. The Kier molecular flexibility index (Phi) is 5.65. The summed E-state index contributed by atoms with van der Waals surface area (Å²) >= 11 is 0. The quantitative estimate of drug-likeness (QED) is 0.396. The molecule has 0 unspecified atom stereocenters. The molecule has 7 N–H and O–H groups in total. The molecule has 1 aromatic carbocycles. The van der Waals surface area contributed by atoms with Gasteiger partial charge in [-0.05, 0) is 48.1 Å². The second kappa shape index (κ2) is 8.25. The lowest BCUT2D eigenvalue weighted by atomic mass is 9.98. The Bertz CT molecular complexity index is 1020. The van der Waals surface area contributed by atoms with Crippen LogP contribution >= 0.6 is 11.0 Å². The van der Waals surface area contributed by atoms with Gasteiger partial charge in [0.1, 0.15) is 18.2 Å². The summed E-state index contributed by atoms with van der Waals surface area (Å²) in [6.07, 6.45) is 5.15. The largest absolute Gasteiger partial charge is 0.490 e. The van der Waals surface area contributed by atoms with Gasteiger partial charge in [-0.15, -0.1) is 4.40 Å². The summed E-state index contributed by atoms with van der Waals surface area (Å²) in [6, 6.07) is 8.52. The van der Waals surface area contributed by atoms with Crippen molar-refractivity contribution in [3.8, 4) is 5.75 Å². The summed E-state index contributed by atoms with van der Waals surface area (Å²) in [6.45, 7) is 0.253. The van der Waals surface area contributed by atoms with E-state index in [4.69, 9.17) is 10.5 Å². The fourth-order valence-electron chi connectivity index (χ4n) is 3.95. The molecule has 0 atom stereocenters. The zero-order valence-corrected chi connectivity index (χ0v) is 17.9. The predicted molar refractivity (Wildman–Crippen MR) is 122 cm³/mol. The maximum absolute atomic E-state index is 12.9. The fourth-order valence-corrected chi connectivity index (χ4v) is 4.82. The van der Waals surface area contributed by atoms with E-state index in [2.05, 4.69) is 24.7 Å². The lowest BCUT2D eigenvalue weighted by Gasteiger charge is -2.34. The molecular weight excluding hydrogens is 420 g/mol. The molecule has 2 aromatic rings. The topological polar surface area (TPSA) is 154 Å². The predicted octanol–water partition coefficient (Wildman–Crippen LogP) is 2.96. The van der Waals surface area contributed by atoms with E-state index < -0.39 is 16.5 Å². The molecule has 2 heterocycles. The van der Waals surface area contributed by atoms with Gasteiger partial charge in [0.05, 0.1) is 16.8 Å². The maximum atomic E-state index is 12.9. The van der Waals surface area contributed by atoms with Gasteiger partial charge in [0.2, 0.25) is 0 Å². The lowest BCUT2D eigenvalue weighted by Crippen LogP contribution is -2.50. The van der Waals surface area contributed by atoms with Crippen LogP contribution in [0.4, 0.5) is 11.5 Å². The van der Waals surface area contributed by atoms with Crippen LogP contribution in [-0.2, 0) is 0 Å². The van der Waals surface area contributed by atoms with E-state index in [1.165, 1.54) is 0 Å². The van der Waals surface area contributed by atoms with Crippen LogP contribution < -0.4 is 25.8 Å². The van der Waals surface area contributed by atoms with E-state index in [0.29, 0.717) is 28.4 Å². The van der Waals surface area contributed by atoms with E-state index >= 15 is 0 Å². The molecule has 0 radical (unpaired) electrons. The normalized spacial score (nSPS) is 19.4. The third kappa shape index (κ3) is 4.53. The number of carbonyl (C=O) groups excluding carboxylic acids is 1. The van der Waals surface area contributed by atoms with Gasteiger partial charge in [0.25, 0.3) is 5.91 Å². The highest BCUT2D eigenvalue weighted by Gasteiger charge is 2.37. The molecule has 31 heavy (non-hydrogen) atoms. The van der Waals surface area contributed by atoms with E-state index in [0.717, 1.165) is 25.7 Å². The standard InChI is InChI=1S/C20H26N6O4S/c1-22-16-11-13(7-10-23-16)19(27)24-20(8-2-3-9-20)12-30-15-6-4-5-14-17(15)18(21)26-31(28,29)25-14/h4-7,10-11,25,28-29H,2-3,8-9,12H2,1H3,(H2,21,26)(H,22,23)(H,24,27). The Morgan fingerprint density at radius 1 is 1.32 bits per heavy atom. The molecular formula is C20H26N6O4S. The highest BCUT2D eigenvalue weighted by molar-refractivity contribution is 8.24. The number of nitrogens with one attached hydrogen (secondary N) is 3. The van der Waals surface area contributed by atoms with Crippen LogP contribution in [0.25, 0.3) is 0 Å². The van der Waals surface area contributed by atoms with Gasteiger partial charge in [-0.3, -0.25) is 18.6 Å². The first kappa shape index (κ1) is 21.2. The molecule has 1 amide bonds. The van der Waals surface area contributed by atoms with Crippen molar-refractivity contribution >= 4 is 34.2 Å². The van der Waals surface area contributed by atoms with Gasteiger partial charge in [-0.25, -0.2) is 4.98 Å². The second-order valence-electron chi connectivity index (χ2n) is 7.69. The average molecular weight is 447 g/mol. The van der Waals surface area contributed by atoms with Crippen LogP contribution in [0.3, 0.4) is 0 Å². The van der Waals surface area contributed by atoms with Gasteiger partial charge in [0.15, 0.2) is 5.84 Å². The highest BCUT2D eigenvalue weighted by Crippen LogP contribution is 2.47. The summed E-state index contributed by atoms with van der Waals surface area (Å²) in [5.41, 5.74) is 6.89. The SMILES string of the molecule is CNc1cc(C(=O)NC2(COc3cccc4c3C(N)=NS(O)(O)N4)CCCC2)ccn1. The summed E-state index contributed by atoms with van der Waals surface area (Å²) in [5, 5.41) is 6.09. The number of rotatable bonds is 6. The number of nitrogens with two attached hydrogens (primary N) is 1. The number of anilines is 2. The number of amidine groups is 1. The summed E-state index contributed by atoms with van der Waals surface area (Å²) in [7, 11) is -1.62. The van der Waals surface area contributed by atoms with Crippen molar-refractivity contribution in [3.05, 3.63) is 47.7 Å². The molecule has 1 aliphatic carbocycles. The van der Waals surface area contributed by atoms with Gasteiger partial charge in [0, 0.05) is 18.8 Å². The van der Waals surface area contributed by atoms with Crippen molar-refractivity contribution < 1.29 is 18.6 Å². The van der Waals surface area contributed by atoms with Crippen LogP contribution in [0.15, 0.2) is 40.9 Å². The minimum absolute atomic E-state index is 0.00904. The minimum Gasteiger partial charge on any atom is -0.490 e. The van der Waals surface area contributed by atoms with Crippen LogP contribution in [0.1, 0.15) is 41.6 Å². The maximum Gasteiger partial charge on any atom is 0.252 e. The molecule has 11 heteroatoms. The van der Waals surface area contributed by atoms with Crippen molar-refractivity contribution in [1.82, 2.24) is 10.3 Å². The molecule has 1 aliphatic heterocycles. The first-order valence-corrected chi connectivity index (χ1v) is 11.5. The minimum atomic E-state index is -3.37. The van der Waals surface area contributed by atoms with Gasteiger partial charge >= 0.3 is 0 Å². The number of nitrogens with zero attached hydrogens (tertiary/aromatic N) is 2. The molecule has 4 rings (SSSR count). The van der Waals surface area contributed by atoms with E-state index in [9.17, 15) is 13.9 Å². The number of fused-ring (bicyclic) bond motifs is 1. The number of hydrogen-bond acceptors (Lipinski definition) is 9. The number of hydrogen-bond donors (Lipinski definition) is 6. The van der Waals surface area contributed by atoms with Crippen LogP contribution in [0.5, 0.6) is 5.75 Å². The van der Waals surface area contributed by atoms with Crippen LogP contribution in [0.2, 0.25) is 0 Å². The van der Waals surface area contributed by atoms with Gasteiger partial charge in [-0.1, -0.05) is 18.9 Å².